The molecular formula is C13H15FN2O4S3. The average molecular weight is 378 g/mol. The summed E-state index contributed by atoms with van der Waals surface area (Å²) in [7, 11) is -4.48. The van der Waals surface area contributed by atoms with Crippen LogP contribution in [0.4, 0.5) is 4.39 Å². The second-order valence-corrected chi connectivity index (χ2v) is 10.1. The molecule has 0 aliphatic carbocycles. The Kier molecular flexibility index (Phi) is 5.21. The fourth-order valence-corrected chi connectivity index (χ4v) is 5.20. The first-order chi connectivity index (χ1) is 10.6. The second-order valence-electron chi connectivity index (χ2n) is 4.79. The van der Waals surface area contributed by atoms with Crippen molar-refractivity contribution in [3.05, 3.63) is 47.1 Å². The number of hydrogen-bond acceptors (Lipinski definition) is 5. The molecule has 0 saturated carbocycles. The maximum absolute atomic E-state index is 12.8. The predicted octanol–water partition coefficient (Wildman–Crippen LogP) is 1.62. The van der Waals surface area contributed by atoms with Crippen molar-refractivity contribution in [2.24, 2.45) is 0 Å². The molecule has 0 aliphatic heterocycles. The van der Waals surface area contributed by atoms with Gasteiger partial charge < -0.3 is 0 Å². The van der Waals surface area contributed by atoms with Crippen LogP contribution in [-0.2, 0) is 26.6 Å². The zero-order valence-corrected chi connectivity index (χ0v) is 14.8. The zero-order valence-electron chi connectivity index (χ0n) is 12.4. The van der Waals surface area contributed by atoms with E-state index in [1.807, 2.05) is 0 Å². The molecule has 1 heterocycles. The zero-order chi connectivity index (χ0) is 17.3. The van der Waals surface area contributed by atoms with Crippen molar-refractivity contribution in [1.82, 2.24) is 9.03 Å². The minimum Gasteiger partial charge on any atom is -0.207 e. The summed E-state index contributed by atoms with van der Waals surface area (Å²) in [5.74, 6) is -0.527. The number of hydrogen-bond donors (Lipinski definition) is 1. The molecule has 0 atom stereocenters. The summed E-state index contributed by atoms with van der Waals surface area (Å²) in [6.07, 6.45) is 0. The highest BCUT2D eigenvalue weighted by Gasteiger charge is 2.20. The lowest BCUT2D eigenvalue weighted by Crippen LogP contribution is -2.22. The Labute approximate surface area is 138 Å². The summed E-state index contributed by atoms with van der Waals surface area (Å²) in [5.41, 5.74) is 0. The van der Waals surface area contributed by atoms with Gasteiger partial charge >= 0.3 is 0 Å². The van der Waals surface area contributed by atoms with Gasteiger partial charge in [-0.1, -0.05) is 0 Å². The highest BCUT2D eigenvalue weighted by Crippen LogP contribution is 2.24. The van der Waals surface area contributed by atoms with E-state index < -0.39 is 25.9 Å². The van der Waals surface area contributed by atoms with Crippen LogP contribution in [0.5, 0.6) is 0 Å². The first kappa shape index (κ1) is 18.0. The fraction of sp³-hybridized carbons (Fsp3) is 0.231. The van der Waals surface area contributed by atoms with Gasteiger partial charge in [-0.15, -0.1) is 11.3 Å². The molecule has 0 amide bonds. The first-order valence-electron chi connectivity index (χ1n) is 6.39. The summed E-state index contributed by atoms with van der Waals surface area (Å²) in [6, 6.07) is 7.42. The molecule has 0 saturated heterocycles. The molecule has 126 valence electrons. The fourth-order valence-electron chi connectivity index (χ4n) is 1.64. The molecule has 1 aromatic carbocycles. The number of nitrogens with one attached hydrogen (secondary N) is 1. The lowest BCUT2D eigenvalue weighted by atomic mass is 10.4. The van der Waals surface area contributed by atoms with Crippen LogP contribution in [0.3, 0.4) is 0 Å². The lowest BCUT2D eigenvalue weighted by Gasteiger charge is -2.08. The van der Waals surface area contributed by atoms with E-state index in [2.05, 4.69) is 4.72 Å². The Balaban J connectivity index is 2.12. The van der Waals surface area contributed by atoms with E-state index in [9.17, 15) is 21.2 Å². The third kappa shape index (κ3) is 4.15. The maximum atomic E-state index is 12.8. The minimum absolute atomic E-state index is 0.0483. The van der Waals surface area contributed by atoms with Crippen molar-refractivity contribution in [2.45, 2.75) is 15.6 Å². The molecule has 1 aromatic heterocycles. The number of benzene rings is 1. The normalized spacial score (nSPS) is 12.7. The van der Waals surface area contributed by atoms with Crippen LogP contribution >= 0.6 is 11.3 Å². The molecule has 0 radical (unpaired) electrons. The average Bonchev–Trinajstić information content (AvgIpc) is 2.95. The van der Waals surface area contributed by atoms with Crippen LogP contribution in [0.2, 0.25) is 0 Å². The van der Waals surface area contributed by atoms with Crippen LogP contribution in [-0.4, -0.2) is 35.2 Å². The largest absolute Gasteiger partial charge is 0.252 e. The quantitative estimate of drug-likeness (QED) is 0.828. The Bertz CT molecular complexity index is 888. The Morgan fingerprint density at radius 2 is 1.65 bits per heavy atom. The standard InChI is InChI=1S/C13H15FN2O4S3/c1-16(2)23(19,20)13-8-5-11(21-13)9-15-22(17,18)12-6-3-10(14)4-7-12/h3-8,15H,9H2,1-2H3. The van der Waals surface area contributed by atoms with Gasteiger partial charge in [0.15, 0.2) is 0 Å². The van der Waals surface area contributed by atoms with Gasteiger partial charge in [-0.2, -0.15) is 0 Å². The molecular weight excluding hydrogens is 363 g/mol. The molecule has 23 heavy (non-hydrogen) atoms. The predicted molar refractivity (Wildman–Crippen MR) is 85.6 cm³/mol. The molecule has 0 bridgehead atoms. The van der Waals surface area contributed by atoms with Crippen LogP contribution < -0.4 is 4.72 Å². The van der Waals surface area contributed by atoms with Gasteiger partial charge in [0, 0.05) is 25.5 Å². The van der Waals surface area contributed by atoms with E-state index >= 15 is 0 Å². The summed E-state index contributed by atoms with van der Waals surface area (Å²) in [6.45, 7) is -0.0483. The van der Waals surface area contributed by atoms with Gasteiger partial charge in [-0.3, -0.25) is 0 Å². The SMILES string of the molecule is CN(C)S(=O)(=O)c1ccc(CNS(=O)(=O)c2ccc(F)cc2)s1. The summed E-state index contributed by atoms with van der Waals surface area (Å²) >= 11 is 0.990. The molecule has 0 aliphatic rings. The van der Waals surface area contributed by atoms with Crippen molar-refractivity contribution >= 4 is 31.4 Å². The van der Waals surface area contributed by atoms with Crippen molar-refractivity contribution in [1.29, 1.82) is 0 Å². The summed E-state index contributed by atoms with van der Waals surface area (Å²) < 4.78 is 64.5. The van der Waals surface area contributed by atoms with E-state index in [4.69, 9.17) is 0 Å². The molecule has 0 unspecified atom stereocenters. The van der Waals surface area contributed by atoms with Crippen LogP contribution in [0, 0.1) is 5.82 Å². The van der Waals surface area contributed by atoms with Gasteiger partial charge in [0.25, 0.3) is 10.0 Å². The topological polar surface area (TPSA) is 83.6 Å². The van der Waals surface area contributed by atoms with E-state index in [0.717, 1.165) is 39.9 Å². The Morgan fingerprint density at radius 1 is 1.04 bits per heavy atom. The van der Waals surface area contributed by atoms with Gasteiger partial charge in [-0.05, 0) is 36.4 Å². The van der Waals surface area contributed by atoms with Crippen molar-refractivity contribution in [2.75, 3.05) is 14.1 Å². The van der Waals surface area contributed by atoms with Gasteiger partial charge in [0.2, 0.25) is 10.0 Å². The highest BCUT2D eigenvalue weighted by atomic mass is 32.2. The molecule has 0 spiro atoms. The summed E-state index contributed by atoms with van der Waals surface area (Å²) in [4.78, 5) is 0.493. The first-order valence-corrected chi connectivity index (χ1v) is 10.1. The van der Waals surface area contributed by atoms with Crippen molar-refractivity contribution in [3.63, 3.8) is 0 Å². The van der Waals surface area contributed by atoms with E-state index in [1.165, 1.54) is 20.2 Å². The Hall–Kier alpha value is -1.33. The number of thiophene rings is 1. The maximum Gasteiger partial charge on any atom is 0.252 e. The third-order valence-corrected chi connectivity index (χ3v) is 7.72. The number of halogens is 1. The molecule has 0 fully saturated rings. The van der Waals surface area contributed by atoms with Crippen LogP contribution in [0.15, 0.2) is 45.5 Å². The molecule has 1 N–H and O–H groups in total. The molecule has 2 rings (SSSR count). The van der Waals surface area contributed by atoms with Crippen molar-refractivity contribution in [3.8, 4) is 0 Å². The monoisotopic (exact) mass is 378 g/mol. The molecule has 6 nitrogen and oxygen atoms in total. The second kappa shape index (κ2) is 6.65. The van der Waals surface area contributed by atoms with E-state index in [1.54, 1.807) is 6.07 Å². The lowest BCUT2D eigenvalue weighted by molar-refractivity contribution is 0.523. The number of rotatable bonds is 6. The molecule has 2 aromatic rings. The molecule has 10 heteroatoms. The van der Waals surface area contributed by atoms with Crippen LogP contribution in [0.25, 0.3) is 0 Å². The number of nitrogens with zero attached hydrogens (tertiary/aromatic N) is 1. The minimum atomic E-state index is -3.79. The number of sulfonamides is 2. The van der Waals surface area contributed by atoms with Gasteiger partial charge in [0.05, 0.1) is 4.90 Å². The third-order valence-electron chi connectivity index (χ3n) is 2.93. The Morgan fingerprint density at radius 3 is 2.22 bits per heavy atom. The van der Waals surface area contributed by atoms with Crippen molar-refractivity contribution < 1.29 is 21.2 Å². The summed E-state index contributed by atoms with van der Waals surface area (Å²) in [5, 5.41) is 0. The highest BCUT2D eigenvalue weighted by molar-refractivity contribution is 7.91. The van der Waals surface area contributed by atoms with Gasteiger partial charge in [0.1, 0.15) is 10.0 Å². The van der Waals surface area contributed by atoms with E-state index in [-0.39, 0.29) is 15.6 Å². The smallest absolute Gasteiger partial charge is 0.207 e. The van der Waals surface area contributed by atoms with Gasteiger partial charge in [-0.25, -0.2) is 30.3 Å². The van der Waals surface area contributed by atoms with Crippen LogP contribution in [0.1, 0.15) is 4.88 Å². The van der Waals surface area contributed by atoms with E-state index in [0.29, 0.717) is 4.88 Å².